The SMILES string of the molecule is CC(CCCCl)NCc1ncccn1. The van der Waals surface area contributed by atoms with Crippen LogP contribution in [-0.4, -0.2) is 21.9 Å². The van der Waals surface area contributed by atoms with Crippen LogP contribution in [-0.2, 0) is 6.54 Å². The molecule has 1 N–H and O–H groups in total. The molecule has 0 bridgehead atoms. The maximum absolute atomic E-state index is 5.61. The molecule has 1 rings (SSSR count). The summed E-state index contributed by atoms with van der Waals surface area (Å²) in [5, 5.41) is 3.35. The number of halogens is 1. The zero-order chi connectivity index (χ0) is 10.2. The molecule has 0 aromatic carbocycles. The minimum absolute atomic E-state index is 0.470. The summed E-state index contributed by atoms with van der Waals surface area (Å²) in [5.74, 6) is 1.57. The van der Waals surface area contributed by atoms with Gasteiger partial charge in [-0.3, -0.25) is 0 Å². The summed E-state index contributed by atoms with van der Waals surface area (Å²) in [6.45, 7) is 2.87. The number of hydrogen-bond acceptors (Lipinski definition) is 3. The van der Waals surface area contributed by atoms with E-state index in [9.17, 15) is 0 Å². The van der Waals surface area contributed by atoms with Gasteiger partial charge in [0.25, 0.3) is 0 Å². The van der Waals surface area contributed by atoms with Crippen LogP contribution in [0.1, 0.15) is 25.6 Å². The van der Waals surface area contributed by atoms with Crippen LogP contribution < -0.4 is 5.32 Å². The zero-order valence-electron chi connectivity index (χ0n) is 8.41. The Kier molecular flexibility index (Phi) is 5.49. The molecular weight excluding hydrogens is 198 g/mol. The van der Waals surface area contributed by atoms with E-state index < -0.39 is 0 Å². The quantitative estimate of drug-likeness (QED) is 0.735. The minimum atomic E-state index is 0.470. The molecule has 0 aliphatic heterocycles. The Morgan fingerprint density at radius 3 is 2.79 bits per heavy atom. The van der Waals surface area contributed by atoms with E-state index in [1.54, 1.807) is 12.4 Å². The lowest BCUT2D eigenvalue weighted by atomic mass is 10.2. The molecule has 0 fully saturated rings. The second-order valence-electron chi connectivity index (χ2n) is 3.28. The van der Waals surface area contributed by atoms with E-state index in [4.69, 9.17) is 11.6 Å². The molecule has 0 spiro atoms. The highest BCUT2D eigenvalue weighted by Crippen LogP contribution is 1.98. The van der Waals surface area contributed by atoms with Gasteiger partial charge in [0.15, 0.2) is 0 Å². The molecule has 78 valence electrons. The van der Waals surface area contributed by atoms with Crippen molar-refractivity contribution in [2.45, 2.75) is 32.4 Å². The van der Waals surface area contributed by atoms with Gasteiger partial charge in [-0.2, -0.15) is 0 Å². The van der Waals surface area contributed by atoms with Gasteiger partial charge in [-0.25, -0.2) is 9.97 Å². The third kappa shape index (κ3) is 4.53. The van der Waals surface area contributed by atoms with Crippen molar-refractivity contribution >= 4 is 11.6 Å². The molecule has 0 aliphatic carbocycles. The maximum Gasteiger partial charge on any atom is 0.141 e. The Morgan fingerprint density at radius 2 is 2.14 bits per heavy atom. The van der Waals surface area contributed by atoms with Gasteiger partial charge in [-0.1, -0.05) is 0 Å². The third-order valence-corrected chi connectivity index (χ3v) is 2.27. The monoisotopic (exact) mass is 213 g/mol. The van der Waals surface area contributed by atoms with E-state index in [2.05, 4.69) is 22.2 Å². The summed E-state index contributed by atoms with van der Waals surface area (Å²) >= 11 is 5.61. The summed E-state index contributed by atoms with van der Waals surface area (Å²) in [7, 11) is 0. The second-order valence-corrected chi connectivity index (χ2v) is 3.66. The van der Waals surface area contributed by atoms with Gasteiger partial charge in [0.2, 0.25) is 0 Å². The number of alkyl halides is 1. The Morgan fingerprint density at radius 1 is 1.43 bits per heavy atom. The Balaban J connectivity index is 2.20. The molecule has 0 saturated carbocycles. The van der Waals surface area contributed by atoms with E-state index in [1.807, 2.05) is 6.07 Å². The lowest BCUT2D eigenvalue weighted by Gasteiger charge is -2.11. The number of hydrogen-bond donors (Lipinski definition) is 1. The first-order valence-electron chi connectivity index (χ1n) is 4.88. The topological polar surface area (TPSA) is 37.8 Å². The van der Waals surface area contributed by atoms with Crippen molar-refractivity contribution in [3.8, 4) is 0 Å². The van der Waals surface area contributed by atoms with Gasteiger partial charge in [0.05, 0.1) is 6.54 Å². The van der Waals surface area contributed by atoms with E-state index >= 15 is 0 Å². The van der Waals surface area contributed by atoms with Crippen LogP contribution in [0.25, 0.3) is 0 Å². The van der Waals surface area contributed by atoms with Gasteiger partial charge in [-0.15, -0.1) is 11.6 Å². The lowest BCUT2D eigenvalue weighted by Crippen LogP contribution is -2.26. The minimum Gasteiger partial charge on any atom is -0.307 e. The molecule has 4 heteroatoms. The molecule has 0 saturated heterocycles. The molecule has 3 nitrogen and oxygen atoms in total. The van der Waals surface area contributed by atoms with Crippen LogP contribution in [0.5, 0.6) is 0 Å². The normalized spacial score (nSPS) is 12.7. The fourth-order valence-corrected chi connectivity index (χ4v) is 1.33. The predicted octanol–water partition coefficient (Wildman–Crippen LogP) is 1.97. The molecule has 1 unspecified atom stereocenters. The standard InChI is InChI=1S/C10H16ClN3/c1-9(4-2-5-11)14-8-10-12-6-3-7-13-10/h3,6-7,9,14H,2,4-5,8H2,1H3. The highest BCUT2D eigenvalue weighted by molar-refractivity contribution is 6.17. The second kappa shape index (κ2) is 6.74. The van der Waals surface area contributed by atoms with Crippen LogP contribution in [0.4, 0.5) is 0 Å². The lowest BCUT2D eigenvalue weighted by molar-refractivity contribution is 0.500. The van der Waals surface area contributed by atoms with Crippen LogP contribution in [0.15, 0.2) is 18.5 Å². The van der Waals surface area contributed by atoms with Crippen molar-refractivity contribution in [1.29, 1.82) is 0 Å². The fraction of sp³-hybridized carbons (Fsp3) is 0.600. The van der Waals surface area contributed by atoms with Crippen molar-refractivity contribution in [2.24, 2.45) is 0 Å². The molecule has 14 heavy (non-hydrogen) atoms. The Hall–Kier alpha value is -0.670. The molecule has 1 heterocycles. The largest absolute Gasteiger partial charge is 0.307 e. The molecule has 1 aromatic rings. The zero-order valence-corrected chi connectivity index (χ0v) is 9.17. The van der Waals surface area contributed by atoms with E-state index in [0.717, 1.165) is 31.1 Å². The van der Waals surface area contributed by atoms with Crippen molar-refractivity contribution in [2.75, 3.05) is 5.88 Å². The summed E-state index contributed by atoms with van der Waals surface area (Å²) in [6, 6.07) is 2.29. The molecule has 0 aliphatic rings. The predicted molar refractivity (Wildman–Crippen MR) is 58.3 cm³/mol. The van der Waals surface area contributed by atoms with Gasteiger partial charge in [-0.05, 0) is 25.8 Å². The van der Waals surface area contributed by atoms with E-state index in [1.165, 1.54) is 0 Å². The number of nitrogens with zero attached hydrogens (tertiary/aromatic N) is 2. The first-order chi connectivity index (χ1) is 6.83. The summed E-state index contributed by atoms with van der Waals surface area (Å²) in [5.41, 5.74) is 0. The van der Waals surface area contributed by atoms with Gasteiger partial charge in [0.1, 0.15) is 5.82 Å². The average Bonchev–Trinajstić information content (AvgIpc) is 2.25. The van der Waals surface area contributed by atoms with Crippen LogP contribution >= 0.6 is 11.6 Å². The highest BCUT2D eigenvalue weighted by Gasteiger charge is 2.01. The van der Waals surface area contributed by atoms with Crippen molar-refractivity contribution < 1.29 is 0 Å². The van der Waals surface area contributed by atoms with Crippen LogP contribution in [0.3, 0.4) is 0 Å². The number of rotatable bonds is 6. The molecular formula is C10H16ClN3. The smallest absolute Gasteiger partial charge is 0.141 e. The average molecular weight is 214 g/mol. The Bertz CT molecular complexity index is 240. The molecule has 1 atom stereocenters. The molecule has 0 amide bonds. The summed E-state index contributed by atoms with van der Waals surface area (Å²) < 4.78 is 0. The molecule has 1 aromatic heterocycles. The van der Waals surface area contributed by atoms with Crippen molar-refractivity contribution in [3.63, 3.8) is 0 Å². The third-order valence-electron chi connectivity index (χ3n) is 2.00. The van der Waals surface area contributed by atoms with Crippen LogP contribution in [0, 0.1) is 0 Å². The van der Waals surface area contributed by atoms with E-state index in [-0.39, 0.29) is 0 Å². The van der Waals surface area contributed by atoms with Crippen molar-refractivity contribution in [1.82, 2.24) is 15.3 Å². The first-order valence-corrected chi connectivity index (χ1v) is 5.41. The van der Waals surface area contributed by atoms with Gasteiger partial charge < -0.3 is 5.32 Å². The van der Waals surface area contributed by atoms with Crippen LogP contribution in [0.2, 0.25) is 0 Å². The number of aromatic nitrogens is 2. The molecule has 0 radical (unpaired) electrons. The Labute approximate surface area is 89.9 Å². The van der Waals surface area contributed by atoms with E-state index in [0.29, 0.717) is 6.04 Å². The highest BCUT2D eigenvalue weighted by atomic mass is 35.5. The summed E-state index contributed by atoms with van der Waals surface area (Å²) in [6.07, 6.45) is 5.66. The van der Waals surface area contributed by atoms with Gasteiger partial charge in [0, 0.05) is 24.3 Å². The first kappa shape index (κ1) is 11.4. The fourth-order valence-electron chi connectivity index (χ4n) is 1.17. The maximum atomic E-state index is 5.61. The number of nitrogens with one attached hydrogen (secondary N) is 1. The summed E-state index contributed by atoms with van der Waals surface area (Å²) in [4.78, 5) is 8.26. The van der Waals surface area contributed by atoms with Crippen molar-refractivity contribution in [3.05, 3.63) is 24.3 Å². The van der Waals surface area contributed by atoms with Gasteiger partial charge >= 0.3 is 0 Å².